The fraction of sp³-hybridized carbons (Fsp3) is 0.846. The van der Waals surface area contributed by atoms with Crippen LogP contribution in [-0.2, 0) is 0 Å². The van der Waals surface area contributed by atoms with Crippen LogP contribution in [0.25, 0.3) is 0 Å². The number of nitrogens with zero attached hydrogens (tertiary/aromatic N) is 1. The second kappa shape index (κ2) is 4.67. The molecule has 0 aromatic heterocycles. The van der Waals surface area contributed by atoms with Crippen LogP contribution < -0.4 is 5.32 Å². The third-order valence-corrected chi connectivity index (χ3v) is 4.12. The number of likely N-dealkylation sites (N-methyl/N-ethyl adjacent to an activating group) is 1. The van der Waals surface area contributed by atoms with Crippen molar-refractivity contribution in [3.63, 3.8) is 0 Å². The van der Waals surface area contributed by atoms with E-state index in [0.717, 1.165) is 31.0 Å². The van der Waals surface area contributed by atoms with Gasteiger partial charge in [-0.05, 0) is 45.6 Å². The molecule has 0 spiro atoms. The molecule has 2 aliphatic carbocycles. The molecule has 2 rings (SSSR count). The smallest absolute Gasteiger partial charge is 0.0136 e. The van der Waals surface area contributed by atoms with E-state index in [9.17, 15) is 0 Å². The van der Waals surface area contributed by atoms with Crippen LogP contribution in [0.5, 0.6) is 0 Å². The molecule has 0 heterocycles. The van der Waals surface area contributed by atoms with Gasteiger partial charge in [0.1, 0.15) is 0 Å². The van der Waals surface area contributed by atoms with E-state index >= 15 is 0 Å². The summed E-state index contributed by atoms with van der Waals surface area (Å²) in [5.41, 5.74) is 0. The van der Waals surface area contributed by atoms with E-state index in [-0.39, 0.29) is 0 Å². The van der Waals surface area contributed by atoms with Crippen LogP contribution in [0.15, 0.2) is 12.2 Å². The van der Waals surface area contributed by atoms with Crippen molar-refractivity contribution in [2.45, 2.75) is 38.8 Å². The molecule has 0 radical (unpaired) electrons. The molecular weight excluding hydrogens is 184 g/mol. The van der Waals surface area contributed by atoms with Crippen LogP contribution in [0.1, 0.15) is 26.7 Å². The van der Waals surface area contributed by atoms with Crippen LogP contribution in [0.4, 0.5) is 0 Å². The van der Waals surface area contributed by atoms with Crippen molar-refractivity contribution >= 4 is 0 Å². The summed E-state index contributed by atoms with van der Waals surface area (Å²) in [6.07, 6.45) is 7.49. The molecule has 0 aliphatic heterocycles. The number of allylic oxidation sites excluding steroid dienone is 1. The lowest BCUT2D eigenvalue weighted by Crippen LogP contribution is -2.50. The molecule has 0 amide bonds. The summed E-state index contributed by atoms with van der Waals surface area (Å²) in [5, 5.41) is 3.68. The first-order chi connectivity index (χ1) is 7.18. The highest BCUT2D eigenvalue weighted by atomic mass is 15.1. The molecular formula is C13H24N2. The standard InChI is InChI=1S/C13H24N2/c1-10(2)15(3)8-7-14-13-9-11-5-4-6-12(11)13/h4,6,10-14H,5,7-9H2,1-3H3. The summed E-state index contributed by atoms with van der Waals surface area (Å²) in [4.78, 5) is 2.40. The minimum absolute atomic E-state index is 0.660. The minimum atomic E-state index is 0.660. The van der Waals surface area contributed by atoms with Gasteiger partial charge in [-0.3, -0.25) is 0 Å². The van der Waals surface area contributed by atoms with Crippen LogP contribution in [0.3, 0.4) is 0 Å². The zero-order valence-electron chi connectivity index (χ0n) is 10.2. The lowest BCUT2D eigenvalue weighted by molar-refractivity contribution is 0.156. The molecule has 1 fully saturated rings. The van der Waals surface area contributed by atoms with Gasteiger partial charge in [0.2, 0.25) is 0 Å². The van der Waals surface area contributed by atoms with Gasteiger partial charge in [0, 0.05) is 25.2 Å². The van der Waals surface area contributed by atoms with Gasteiger partial charge in [0.25, 0.3) is 0 Å². The Bertz CT molecular complexity index is 235. The Morgan fingerprint density at radius 2 is 2.27 bits per heavy atom. The Kier molecular flexibility index (Phi) is 3.47. The predicted octanol–water partition coefficient (Wildman–Crippen LogP) is 1.88. The summed E-state index contributed by atoms with van der Waals surface area (Å²) >= 11 is 0. The quantitative estimate of drug-likeness (QED) is 0.694. The van der Waals surface area contributed by atoms with Crippen molar-refractivity contribution in [1.29, 1.82) is 0 Å². The molecule has 0 bridgehead atoms. The molecule has 0 aromatic carbocycles. The van der Waals surface area contributed by atoms with Crippen LogP contribution in [-0.4, -0.2) is 37.1 Å². The van der Waals surface area contributed by atoms with E-state index in [2.05, 4.69) is 43.3 Å². The van der Waals surface area contributed by atoms with E-state index < -0.39 is 0 Å². The van der Waals surface area contributed by atoms with Gasteiger partial charge in [0.05, 0.1) is 0 Å². The SMILES string of the molecule is CC(C)N(C)CCNC1CC2CC=CC21. The largest absolute Gasteiger partial charge is 0.312 e. The second-order valence-corrected chi connectivity index (χ2v) is 5.37. The average Bonchev–Trinajstić information content (AvgIpc) is 2.54. The van der Waals surface area contributed by atoms with Gasteiger partial charge in [-0.1, -0.05) is 12.2 Å². The Balaban J connectivity index is 1.61. The second-order valence-electron chi connectivity index (χ2n) is 5.37. The maximum Gasteiger partial charge on any atom is 0.0136 e. The molecule has 3 atom stereocenters. The Hall–Kier alpha value is -0.340. The van der Waals surface area contributed by atoms with E-state index in [4.69, 9.17) is 0 Å². The molecule has 1 N–H and O–H groups in total. The normalized spacial score (nSPS) is 33.5. The van der Waals surface area contributed by atoms with E-state index in [1.54, 1.807) is 0 Å². The number of hydrogen-bond donors (Lipinski definition) is 1. The highest BCUT2D eigenvalue weighted by molar-refractivity contribution is 5.12. The molecule has 2 nitrogen and oxygen atoms in total. The monoisotopic (exact) mass is 208 g/mol. The lowest BCUT2D eigenvalue weighted by atomic mass is 9.71. The fourth-order valence-corrected chi connectivity index (χ4v) is 2.63. The highest BCUT2D eigenvalue weighted by Crippen LogP contribution is 2.42. The van der Waals surface area contributed by atoms with Crippen LogP contribution in [0.2, 0.25) is 0 Å². The average molecular weight is 208 g/mol. The summed E-state index contributed by atoms with van der Waals surface area (Å²) in [6, 6.07) is 1.43. The lowest BCUT2D eigenvalue weighted by Gasteiger charge is -2.41. The van der Waals surface area contributed by atoms with Gasteiger partial charge in [-0.25, -0.2) is 0 Å². The van der Waals surface area contributed by atoms with E-state index in [1.165, 1.54) is 12.8 Å². The van der Waals surface area contributed by atoms with Gasteiger partial charge in [-0.2, -0.15) is 0 Å². The minimum Gasteiger partial charge on any atom is -0.312 e. The Morgan fingerprint density at radius 3 is 2.93 bits per heavy atom. The third-order valence-electron chi connectivity index (χ3n) is 4.12. The maximum absolute atomic E-state index is 3.68. The molecule has 1 saturated carbocycles. The third kappa shape index (κ3) is 2.43. The predicted molar refractivity (Wildman–Crippen MR) is 64.9 cm³/mol. The van der Waals surface area contributed by atoms with E-state index in [0.29, 0.717) is 6.04 Å². The van der Waals surface area contributed by atoms with Gasteiger partial charge in [-0.15, -0.1) is 0 Å². The molecule has 86 valence electrons. The van der Waals surface area contributed by atoms with E-state index in [1.807, 2.05) is 0 Å². The number of rotatable bonds is 5. The Labute approximate surface area is 93.7 Å². The van der Waals surface area contributed by atoms with Crippen LogP contribution >= 0.6 is 0 Å². The maximum atomic E-state index is 3.68. The van der Waals surface area contributed by atoms with Crippen molar-refractivity contribution in [2.75, 3.05) is 20.1 Å². The molecule has 0 aromatic rings. The zero-order valence-corrected chi connectivity index (χ0v) is 10.2. The summed E-state index contributed by atoms with van der Waals surface area (Å²) in [5.74, 6) is 1.83. The van der Waals surface area contributed by atoms with Crippen molar-refractivity contribution in [1.82, 2.24) is 10.2 Å². The van der Waals surface area contributed by atoms with Gasteiger partial charge >= 0.3 is 0 Å². The molecule has 2 aliphatic rings. The highest BCUT2D eigenvalue weighted by Gasteiger charge is 2.40. The summed E-state index contributed by atoms with van der Waals surface area (Å²) in [6.45, 7) is 6.80. The number of fused-ring (bicyclic) bond motifs is 1. The topological polar surface area (TPSA) is 15.3 Å². The summed E-state index contributed by atoms with van der Waals surface area (Å²) in [7, 11) is 2.20. The number of hydrogen-bond acceptors (Lipinski definition) is 2. The van der Waals surface area contributed by atoms with Gasteiger partial charge < -0.3 is 10.2 Å². The zero-order chi connectivity index (χ0) is 10.8. The van der Waals surface area contributed by atoms with Crippen LogP contribution in [0, 0.1) is 11.8 Å². The molecule has 3 unspecified atom stereocenters. The van der Waals surface area contributed by atoms with Crippen molar-refractivity contribution in [3.05, 3.63) is 12.2 Å². The fourth-order valence-electron chi connectivity index (χ4n) is 2.63. The molecule has 2 heteroatoms. The van der Waals surface area contributed by atoms with Crippen molar-refractivity contribution in [2.24, 2.45) is 11.8 Å². The summed E-state index contributed by atoms with van der Waals surface area (Å²) < 4.78 is 0. The Morgan fingerprint density at radius 1 is 1.47 bits per heavy atom. The first-order valence-electron chi connectivity index (χ1n) is 6.28. The van der Waals surface area contributed by atoms with Crippen molar-refractivity contribution < 1.29 is 0 Å². The van der Waals surface area contributed by atoms with Crippen molar-refractivity contribution in [3.8, 4) is 0 Å². The molecule has 0 saturated heterocycles. The first-order valence-corrected chi connectivity index (χ1v) is 6.28. The molecule has 15 heavy (non-hydrogen) atoms. The number of nitrogens with one attached hydrogen (secondary N) is 1. The van der Waals surface area contributed by atoms with Gasteiger partial charge in [0.15, 0.2) is 0 Å². The first kappa shape index (κ1) is 11.2.